The first-order chi connectivity index (χ1) is 11.3. The minimum absolute atomic E-state index is 0.0382. The summed E-state index contributed by atoms with van der Waals surface area (Å²) in [7, 11) is -1.18. The van der Waals surface area contributed by atoms with Crippen LogP contribution in [0, 0.1) is 5.92 Å². The highest BCUT2D eigenvalue weighted by molar-refractivity contribution is 7.89. The number of nitrogens with zero attached hydrogens (tertiary/aromatic N) is 2. The fourth-order valence-electron chi connectivity index (χ4n) is 2.43. The Kier molecular flexibility index (Phi) is 7.86. The van der Waals surface area contributed by atoms with Gasteiger partial charge in [0.25, 0.3) is 15.9 Å². The molecule has 0 aliphatic rings. The van der Waals surface area contributed by atoms with Crippen molar-refractivity contribution in [2.45, 2.75) is 38.5 Å². The van der Waals surface area contributed by atoms with E-state index < -0.39 is 10.0 Å². The number of hydroxylamine groups is 1. The van der Waals surface area contributed by atoms with Crippen LogP contribution in [0.25, 0.3) is 0 Å². The van der Waals surface area contributed by atoms with E-state index in [1.54, 1.807) is 17.0 Å². The van der Waals surface area contributed by atoms with Gasteiger partial charge < -0.3 is 4.90 Å². The highest BCUT2D eigenvalue weighted by atomic mass is 32.2. The molecule has 0 atom stereocenters. The molecule has 0 saturated heterocycles. The molecule has 1 amide bonds. The Bertz CT molecular complexity index is 642. The maximum atomic E-state index is 12.7. The van der Waals surface area contributed by atoms with Crippen LogP contribution >= 0.6 is 0 Å². The average molecular weight is 356 g/mol. The predicted molar refractivity (Wildman–Crippen MR) is 94.0 cm³/mol. The summed E-state index contributed by atoms with van der Waals surface area (Å²) in [6, 6.07) is 6.08. The monoisotopic (exact) mass is 356 g/mol. The first-order valence-corrected chi connectivity index (χ1v) is 9.68. The van der Waals surface area contributed by atoms with Crippen molar-refractivity contribution in [3.05, 3.63) is 29.8 Å². The van der Waals surface area contributed by atoms with Crippen LogP contribution in [0.15, 0.2) is 29.2 Å². The van der Waals surface area contributed by atoms with E-state index in [0.29, 0.717) is 24.6 Å². The van der Waals surface area contributed by atoms with E-state index >= 15 is 0 Å². The van der Waals surface area contributed by atoms with E-state index in [4.69, 9.17) is 4.84 Å². The second-order valence-corrected chi connectivity index (χ2v) is 7.59. The molecule has 1 aromatic rings. The van der Waals surface area contributed by atoms with E-state index in [1.807, 2.05) is 6.92 Å². The van der Waals surface area contributed by atoms with Crippen molar-refractivity contribution in [3.8, 4) is 0 Å². The van der Waals surface area contributed by atoms with Gasteiger partial charge in [0.05, 0.1) is 12.0 Å². The molecule has 6 nitrogen and oxygen atoms in total. The first-order valence-electron chi connectivity index (χ1n) is 8.24. The lowest BCUT2D eigenvalue weighted by atomic mass is 10.0. The zero-order valence-electron chi connectivity index (χ0n) is 15.2. The van der Waals surface area contributed by atoms with Gasteiger partial charge in [0, 0.05) is 25.7 Å². The standard InChI is InChI=1S/C17H28N2O4S/c1-6-14(7-2)13-19(8-3)17(20)15-10-9-11-16(12-15)24(21,22)18(4)23-5/h9-12,14H,6-8,13H2,1-5H3. The summed E-state index contributed by atoms with van der Waals surface area (Å²) in [5.74, 6) is 0.293. The van der Waals surface area contributed by atoms with Gasteiger partial charge in [-0.15, -0.1) is 0 Å². The fraction of sp³-hybridized carbons (Fsp3) is 0.588. The number of sulfonamides is 1. The first kappa shape index (κ1) is 20.6. The molecule has 0 N–H and O–H groups in total. The van der Waals surface area contributed by atoms with Crippen LogP contribution in [0.3, 0.4) is 0 Å². The third-order valence-corrected chi connectivity index (χ3v) is 5.95. The lowest BCUT2D eigenvalue weighted by Gasteiger charge is -2.25. The van der Waals surface area contributed by atoms with Crippen LogP contribution in [0.1, 0.15) is 44.0 Å². The number of rotatable bonds is 9. The van der Waals surface area contributed by atoms with Crippen LogP contribution in [-0.4, -0.2) is 50.9 Å². The van der Waals surface area contributed by atoms with Crippen molar-refractivity contribution in [2.75, 3.05) is 27.2 Å². The summed E-state index contributed by atoms with van der Waals surface area (Å²) in [6.07, 6.45) is 2.01. The van der Waals surface area contributed by atoms with E-state index in [0.717, 1.165) is 17.3 Å². The van der Waals surface area contributed by atoms with Gasteiger partial charge in [0.2, 0.25) is 0 Å². The van der Waals surface area contributed by atoms with Crippen molar-refractivity contribution < 1.29 is 18.0 Å². The average Bonchev–Trinajstić information content (AvgIpc) is 2.61. The predicted octanol–water partition coefficient (Wildman–Crippen LogP) is 2.77. The number of carbonyl (C=O) groups excluding carboxylic acids is 1. The van der Waals surface area contributed by atoms with Gasteiger partial charge >= 0.3 is 0 Å². The summed E-state index contributed by atoms with van der Waals surface area (Å²) in [5, 5.41) is 0. The topological polar surface area (TPSA) is 66.9 Å². The Morgan fingerprint density at radius 2 is 1.83 bits per heavy atom. The molecule has 24 heavy (non-hydrogen) atoms. The normalized spacial score (nSPS) is 12.0. The van der Waals surface area contributed by atoms with E-state index in [2.05, 4.69) is 13.8 Å². The number of benzene rings is 1. The third-order valence-electron chi connectivity index (χ3n) is 4.28. The molecule has 0 heterocycles. The molecule has 0 aromatic heterocycles. The number of carbonyl (C=O) groups is 1. The second-order valence-electron chi connectivity index (χ2n) is 5.65. The van der Waals surface area contributed by atoms with Crippen LogP contribution in [0.4, 0.5) is 0 Å². The summed E-state index contributed by atoms with van der Waals surface area (Å²) in [4.78, 5) is 19.3. The van der Waals surface area contributed by atoms with Crippen molar-refractivity contribution >= 4 is 15.9 Å². The third kappa shape index (κ3) is 4.78. The summed E-state index contributed by atoms with van der Waals surface area (Å²) < 4.78 is 25.4. The highest BCUT2D eigenvalue weighted by Gasteiger charge is 2.23. The summed E-state index contributed by atoms with van der Waals surface area (Å²) in [6.45, 7) is 7.42. The summed E-state index contributed by atoms with van der Waals surface area (Å²) in [5.41, 5.74) is 0.369. The van der Waals surface area contributed by atoms with Crippen molar-refractivity contribution in [1.29, 1.82) is 0 Å². The van der Waals surface area contributed by atoms with Crippen LogP contribution in [0.5, 0.6) is 0 Å². The summed E-state index contributed by atoms with van der Waals surface area (Å²) >= 11 is 0. The van der Waals surface area contributed by atoms with Crippen molar-refractivity contribution in [3.63, 3.8) is 0 Å². The lowest BCUT2D eigenvalue weighted by Crippen LogP contribution is -2.35. The van der Waals surface area contributed by atoms with Gasteiger partial charge in [-0.2, -0.15) is 0 Å². The van der Waals surface area contributed by atoms with Gasteiger partial charge in [-0.05, 0) is 31.0 Å². The molecular formula is C17H28N2O4S. The molecule has 0 spiro atoms. The molecule has 0 bridgehead atoms. The SMILES string of the molecule is CCC(CC)CN(CC)C(=O)c1cccc(S(=O)(=O)N(C)OC)c1. The van der Waals surface area contributed by atoms with Gasteiger partial charge in [0.1, 0.15) is 0 Å². The zero-order chi connectivity index (χ0) is 18.3. The largest absolute Gasteiger partial charge is 0.339 e. The molecule has 0 saturated carbocycles. The smallest absolute Gasteiger partial charge is 0.264 e. The minimum Gasteiger partial charge on any atom is -0.339 e. The maximum absolute atomic E-state index is 12.7. The molecule has 0 fully saturated rings. The molecule has 136 valence electrons. The van der Waals surface area contributed by atoms with E-state index in [9.17, 15) is 13.2 Å². The number of amides is 1. The maximum Gasteiger partial charge on any atom is 0.264 e. The number of hydrogen-bond donors (Lipinski definition) is 0. The molecule has 1 aromatic carbocycles. The van der Waals surface area contributed by atoms with Crippen molar-refractivity contribution in [1.82, 2.24) is 9.37 Å². The Labute approximate surface area is 145 Å². The lowest BCUT2D eigenvalue weighted by molar-refractivity contribution is -0.0258. The Balaban J connectivity index is 3.09. The van der Waals surface area contributed by atoms with Gasteiger partial charge in [-0.1, -0.05) is 37.2 Å². The minimum atomic E-state index is -3.77. The molecule has 0 aliphatic carbocycles. The molecule has 0 radical (unpaired) electrons. The van der Waals surface area contributed by atoms with Gasteiger partial charge in [-0.3, -0.25) is 9.63 Å². The fourth-order valence-corrected chi connectivity index (χ4v) is 3.45. The van der Waals surface area contributed by atoms with Crippen LogP contribution in [0.2, 0.25) is 0 Å². The van der Waals surface area contributed by atoms with Gasteiger partial charge in [0.15, 0.2) is 0 Å². The Hall–Kier alpha value is -1.44. The number of hydrogen-bond acceptors (Lipinski definition) is 4. The van der Waals surface area contributed by atoms with Gasteiger partial charge in [-0.25, -0.2) is 8.42 Å². The van der Waals surface area contributed by atoms with Crippen LogP contribution in [-0.2, 0) is 14.9 Å². The zero-order valence-corrected chi connectivity index (χ0v) is 16.0. The molecule has 0 aliphatic heterocycles. The molecule has 7 heteroatoms. The second kappa shape index (κ2) is 9.15. The molecular weight excluding hydrogens is 328 g/mol. The Morgan fingerprint density at radius 3 is 2.33 bits per heavy atom. The molecule has 0 unspecified atom stereocenters. The van der Waals surface area contributed by atoms with Crippen molar-refractivity contribution in [2.24, 2.45) is 5.92 Å². The molecule has 1 rings (SSSR count). The highest BCUT2D eigenvalue weighted by Crippen LogP contribution is 2.18. The quantitative estimate of drug-likeness (QED) is 0.638. The Morgan fingerprint density at radius 1 is 1.21 bits per heavy atom. The van der Waals surface area contributed by atoms with E-state index in [1.165, 1.54) is 26.3 Å². The van der Waals surface area contributed by atoms with Crippen LogP contribution < -0.4 is 0 Å². The van der Waals surface area contributed by atoms with E-state index in [-0.39, 0.29) is 10.8 Å².